The molecule has 2 heterocycles. The van der Waals surface area contributed by atoms with E-state index < -0.39 is 13.4 Å². The van der Waals surface area contributed by atoms with Gasteiger partial charge in [-0.1, -0.05) is 48.6 Å². The lowest BCUT2D eigenvalue weighted by atomic mass is 9.75. The van der Waals surface area contributed by atoms with Gasteiger partial charge in [0.25, 0.3) is 0 Å². The molecule has 202 valence electrons. The molecule has 2 aromatic rings. The Hall–Kier alpha value is -2.84. The molecule has 2 aliphatic carbocycles. The first-order chi connectivity index (χ1) is 18.2. The third-order valence-corrected chi connectivity index (χ3v) is 8.54. The van der Waals surface area contributed by atoms with Crippen molar-refractivity contribution in [3.8, 4) is 5.88 Å². The standard InChI is InChI=1S/C28H35N4O5P/c1-28(2)25(32-24-26(29)30-18-31-27(24)36-28)22-10-8-20(9-11-22)21-12-14-23(15-13-21)37-38(33,34)35-17-16-19-6-4-3-5-7-19/h3-8,10-11,18,20-21,23H,9,12-17H2,1-2H3,(H,33,34)(H2,29,30,31). The van der Waals surface area contributed by atoms with Crippen LogP contribution in [0.1, 0.15) is 51.5 Å². The summed E-state index contributed by atoms with van der Waals surface area (Å²) in [6.07, 6.45) is 12.5. The van der Waals surface area contributed by atoms with Crippen molar-refractivity contribution in [1.82, 2.24) is 9.97 Å². The van der Waals surface area contributed by atoms with Crippen molar-refractivity contribution in [2.45, 2.75) is 64.1 Å². The van der Waals surface area contributed by atoms with E-state index >= 15 is 0 Å². The maximum atomic E-state index is 12.4. The number of rotatable bonds is 8. The van der Waals surface area contributed by atoms with Gasteiger partial charge in [-0.15, -0.1) is 0 Å². The fourth-order valence-electron chi connectivity index (χ4n) is 5.43. The molecule has 9 nitrogen and oxygen atoms in total. The summed E-state index contributed by atoms with van der Waals surface area (Å²) >= 11 is 0. The lowest BCUT2D eigenvalue weighted by molar-refractivity contribution is 0.0666. The quantitative estimate of drug-likeness (QED) is 0.407. The number of anilines is 1. The van der Waals surface area contributed by atoms with E-state index in [2.05, 4.69) is 28.2 Å². The minimum absolute atomic E-state index is 0.146. The normalized spacial score (nSPS) is 25.9. The molecular weight excluding hydrogens is 503 g/mol. The Balaban J connectivity index is 1.12. The molecule has 38 heavy (non-hydrogen) atoms. The zero-order chi connectivity index (χ0) is 26.8. The van der Waals surface area contributed by atoms with Gasteiger partial charge in [0.1, 0.15) is 11.9 Å². The number of aromatic nitrogens is 2. The highest BCUT2D eigenvalue weighted by molar-refractivity contribution is 7.47. The summed E-state index contributed by atoms with van der Waals surface area (Å²) in [6, 6.07) is 9.74. The van der Waals surface area contributed by atoms with Crippen LogP contribution in [-0.2, 0) is 20.0 Å². The minimum Gasteiger partial charge on any atom is -0.463 e. The summed E-state index contributed by atoms with van der Waals surface area (Å²) in [5.41, 5.74) is 8.73. The zero-order valence-electron chi connectivity index (χ0n) is 21.8. The van der Waals surface area contributed by atoms with Crippen LogP contribution in [0.4, 0.5) is 11.5 Å². The molecule has 1 aromatic carbocycles. The van der Waals surface area contributed by atoms with Crippen molar-refractivity contribution in [3.63, 3.8) is 0 Å². The molecule has 1 aromatic heterocycles. The lowest BCUT2D eigenvalue weighted by Gasteiger charge is -2.35. The van der Waals surface area contributed by atoms with Gasteiger partial charge in [-0.2, -0.15) is 4.98 Å². The summed E-state index contributed by atoms with van der Waals surface area (Å²) in [6.45, 7) is 4.09. The average Bonchev–Trinajstić information content (AvgIpc) is 2.89. The maximum Gasteiger partial charge on any atom is 0.472 e. The van der Waals surface area contributed by atoms with E-state index in [1.807, 2.05) is 44.2 Å². The molecule has 0 amide bonds. The summed E-state index contributed by atoms with van der Waals surface area (Å²) in [5, 5.41) is 0. The molecule has 3 N–H and O–H groups in total. The predicted octanol–water partition coefficient (Wildman–Crippen LogP) is 5.74. The molecule has 1 fully saturated rings. The highest BCUT2D eigenvalue weighted by Crippen LogP contribution is 2.48. The molecule has 10 heteroatoms. The highest BCUT2D eigenvalue weighted by atomic mass is 31.2. The molecule has 5 rings (SSSR count). The van der Waals surface area contributed by atoms with Gasteiger partial charge in [0, 0.05) is 0 Å². The van der Waals surface area contributed by atoms with Crippen LogP contribution in [0.25, 0.3) is 0 Å². The largest absolute Gasteiger partial charge is 0.472 e. The Kier molecular flexibility index (Phi) is 7.82. The summed E-state index contributed by atoms with van der Waals surface area (Å²) in [5.74, 6) is 1.59. The number of phosphoric acid groups is 1. The second-order valence-corrected chi connectivity index (χ2v) is 12.0. The fraction of sp³-hybridized carbons (Fsp3) is 0.464. The van der Waals surface area contributed by atoms with Gasteiger partial charge in [-0.3, -0.25) is 9.05 Å². The van der Waals surface area contributed by atoms with Gasteiger partial charge in [0.15, 0.2) is 11.5 Å². The summed E-state index contributed by atoms with van der Waals surface area (Å²) in [7, 11) is -4.08. The Bertz CT molecular complexity index is 1290. The number of nitrogen functional groups attached to an aromatic ring is 1. The van der Waals surface area contributed by atoms with Crippen molar-refractivity contribution in [3.05, 3.63) is 66.0 Å². The van der Waals surface area contributed by atoms with Crippen LogP contribution in [0.3, 0.4) is 0 Å². The van der Waals surface area contributed by atoms with Gasteiger partial charge in [-0.05, 0) is 75.3 Å². The van der Waals surface area contributed by atoms with Crippen LogP contribution < -0.4 is 10.5 Å². The summed E-state index contributed by atoms with van der Waals surface area (Å²) < 4.78 is 29.3. The lowest BCUT2D eigenvalue weighted by Crippen LogP contribution is -2.41. The number of phosphoric ester groups is 1. The first-order valence-corrected chi connectivity index (χ1v) is 14.7. The number of ether oxygens (including phenoxy) is 1. The predicted molar refractivity (Wildman–Crippen MR) is 146 cm³/mol. The van der Waals surface area contributed by atoms with Gasteiger partial charge in [-0.25, -0.2) is 14.5 Å². The van der Waals surface area contributed by atoms with Gasteiger partial charge >= 0.3 is 7.82 Å². The van der Waals surface area contributed by atoms with E-state index in [9.17, 15) is 9.46 Å². The Morgan fingerprint density at radius 1 is 1.16 bits per heavy atom. The number of fused-ring (bicyclic) bond motifs is 1. The highest BCUT2D eigenvalue weighted by Gasteiger charge is 2.37. The smallest absolute Gasteiger partial charge is 0.463 e. The molecule has 2 atom stereocenters. The second-order valence-electron chi connectivity index (χ2n) is 10.6. The van der Waals surface area contributed by atoms with Crippen LogP contribution in [0, 0.1) is 11.8 Å². The molecule has 3 aliphatic rings. The number of hydrogen-bond acceptors (Lipinski definition) is 8. The van der Waals surface area contributed by atoms with E-state index in [1.165, 1.54) is 6.33 Å². The zero-order valence-corrected chi connectivity index (χ0v) is 22.7. The summed E-state index contributed by atoms with van der Waals surface area (Å²) in [4.78, 5) is 23.2. The first-order valence-electron chi connectivity index (χ1n) is 13.2. The van der Waals surface area contributed by atoms with Crippen molar-refractivity contribution in [2.24, 2.45) is 16.8 Å². The van der Waals surface area contributed by atoms with Crippen molar-refractivity contribution >= 4 is 25.0 Å². The number of benzene rings is 1. The van der Waals surface area contributed by atoms with Crippen LogP contribution >= 0.6 is 7.82 Å². The van der Waals surface area contributed by atoms with Crippen molar-refractivity contribution < 1.29 is 23.2 Å². The van der Waals surface area contributed by atoms with E-state index in [-0.39, 0.29) is 12.7 Å². The molecule has 0 radical (unpaired) electrons. The number of nitrogens with two attached hydrogens (primary N) is 1. The molecular formula is C28H35N4O5P. The van der Waals surface area contributed by atoms with Gasteiger partial charge < -0.3 is 15.4 Å². The second kappa shape index (κ2) is 11.1. The van der Waals surface area contributed by atoms with E-state index in [1.54, 1.807) is 0 Å². The number of hydrogen-bond donors (Lipinski definition) is 2. The number of allylic oxidation sites excluding steroid dienone is 3. The Morgan fingerprint density at radius 3 is 2.63 bits per heavy atom. The van der Waals surface area contributed by atoms with Gasteiger partial charge in [0.05, 0.1) is 18.4 Å². The first kappa shape index (κ1) is 26.8. The Labute approximate surface area is 223 Å². The molecule has 1 aliphatic heterocycles. The number of nitrogens with zero attached hydrogens (tertiary/aromatic N) is 3. The average molecular weight is 539 g/mol. The van der Waals surface area contributed by atoms with Crippen LogP contribution in [0.15, 0.2) is 65.5 Å². The third kappa shape index (κ3) is 6.24. The minimum atomic E-state index is -4.08. The molecule has 2 unspecified atom stereocenters. The van der Waals surface area contributed by atoms with Crippen LogP contribution in [0.5, 0.6) is 5.88 Å². The SMILES string of the molecule is CC1(C)Oc2ncnc(N)c2N=C1C1=CCC(C2CCC(OP(=O)(O)OCCc3ccccc3)CC2)C=C1. The molecule has 0 bridgehead atoms. The van der Waals surface area contributed by atoms with Crippen molar-refractivity contribution in [2.75, 3.05) is 12.3 Å². The monoisotopic (exact) mass is 538 g/mol. The topological polar surface area (TPSA) is 129 Å². The van der Waals surface area contributed by atoms with E-state index in [0.717, 1.165) is 49.0 Å². The third-order valence-electron chi connectivity index (χ3n) is 7.46. The van der Waals surface area contributed by atoms with Gasteiger partial charge in [0.2, 0.25) is 5.88 Å². The van der Waals surface area contributed by atoms with E-state index in [4.69, 9.17) is 24.5 Å². The fourth-order valence-corrected chi connectivity index (χ4v) is 6.40. The van der Waals surface area contributed by atoms with Crippen LogP contribution in [-0.4, -0.2) is 38.9 Å². The maximum absolute atomic E-state index is 12.4. The Morgan fingerprint density at radius 2 is 1.92 bits per heavy atom. The van der Waals surface area contributed by atoms with Crippen LogP contribution in [0.2, 0.25) is 0 Å². The molecule has 0 saturated heterocycles. The molecule has 0 spiro atoms. The van der Waals surface area contributed by atoms with Crippen molar-refractivity contribution in [1.29, 1.82) is 0 Å². The number of aliphatic imine (C=N–C) groups is 1. The molecule has 1 saturated carbocycles. The van der Waals surface area contributed by atoms with E-state index in [0.29, 0.717) is 35.6 Å².